The summed E-state index contributed by atoms with van der Waals surface area (Å²) < 4.78 is 0. The molecule has 0 aliphatic rings. The van der Waals surface area contributed by atoms with Crippen LogP contribution in [0.5, 0.6) is 0 Å². The van der Waals surface area contributed by atoms with E-state index in [9.17, 15) is 4.79 Å². The van der Waals surface area contributed by atoms with Crippen molar-refractivity contribution in [2.24, 2.45) is 0 Å². The summed E-state index contributed by atoms with van der Waals surface area (Å²) in [6, 6.07) is 16.8. The summed E-state index contributed by atoms with van der Waals surface area (Å²) in [6.07, 6.45) is 2.01. The van der Waals surface area contributed by atoms with Gasteiger partial charge in [-0.3, -0.25) is 4.79 Å². The van der Waals surface area contributed by atoms with Crippen LogP contribution in [0.15, 0.2) is 59.5 Å². The van der Waals surface area contributed by atoms with E-state index in [2.05, 4.69) is 5.32 Å². The molecule has 2 aromatic carbocycles. The van der Waals surface area contributed by atoms with Crippen molar-refractivity contribution >= 4 is 34.3 Å². The highest BCUT2D eigenvalue weighted by Gasteiger charge is 2.18. The number of benzene rings is 2. The molecule has 0 spiro atoms. The van der Waals surface area contributed by atoms with Crippen LogP contribution < -0.4 is 5.32 Å². The smallest absolute Gasteiger partial charge is 0.248 e. The van der Waals surface area contributed by atoms with E-state index in [1.807, 2.05) is 60.9 Å². The maximum absolute atomic E-state index is 11.6. The first-order valence-electron chi connectivity index (χ1n) is 5.85. The first kappa shape index (κ1) is 14.0. The fraction of sp³-hybridized carbons (Fsp3) is 0.133. The molecular weight excluding hydrogens is 278 g/mol. The highest BCUT2D eigenvalue weighted by Crippen LogP contribution is 2.25. The maximum atomic E-state index is 11.6. The van der Waals surface area contributed by atoms with Crippen LogP contribution in [-0.2, 0) is 4.79 Å². The number of hydrogen-bond donors (Lipinski definition) is 1. The maximum Gasteiger partial charge on any atom is 0.248 e. The van der Waals surface area contributed by atoms with Crippen LogP contribution in [0.3, 0.4) is 0 Å². The number of thioether (sulfide) groups is 1. The molecule has 2 rings (SSSR count). The van der Waals surface area contributed by atoms with E-state index in [0.717, 1.165) is 16.1 Å². The molecule has 0 bridgehead atoms. The third-order valence-electron chi connectivity index (χ3n) is 2.74. The molecular formula is C15H14ClNOS. The zero-order chi connectivity index (χ0) is 13.7. The van der Waals surface area contributed by atoms with E-state index in [1.54, 1.807) is 11.8 Å². The molecule has 0 aliphatic carbocycles. The molecule has 0 aliphatic heterocycles. The van der Waals surface area contributed by atoms with Gasteiger partial charge in [0.15, 0.2) is 0 Å². The third-order valence-corrected chi connectivity index (χ3v) is 3.68. The SMILES string of the molecule is CSc1cccc(NC(C(=O)Cl)c2ccccc2)c1. The Hall–Kier alpha value is -1.45. The van der Waals surface area contributed by atoms with Gasteiger partial charge in [-0.2, -0.15) is 0 Å². The van der Waals surface area contributed by atoms with Crippen molar-refractivity contribution in [1.29, 1.82) is 0 Å². The number of nitrogens with one attached hydrogen (secondary N) is 1. The molecule has 1 atom stereocenters. The molecule has 2 aromatic rings. The lowest BCUT2D eigenvalue weighted by Crippen LogP contribution is -2.16. The Morgan fingerprint density at radius 1 is 1.16 bits per heavy atom. The van der Waals surface area contributed by atoms with Gasteiger partial charge in [-0.1, -0.05) is 36.4 Å². The minimum absolute atomic E-state index is 0.416. The van der Waals surface area contributed by atoms with Crippen LogP contribution in [0.2, 0.25) is 0 Å². The van der Waals surface area contributed by atoms with E-state index in [1.165, 1.54) is 0 Å². The summed E-state index contributed by atoms with van der Waals surface area (Å²) in [5, 5.41) is 2.76. The molecule has 0 saturated heterocycles. The normalized spacial score (nSPS) is 11.9. The van der Waals surface area contributed by atoms with Gasteiger partial charge in [0.2, 0.25) is 5.24 Å². The Morgan fingerprint density at radius 2 is 1.89 bits per heavy atom. The highest BCUT2D eigenvalue weighted by molar-refractivity contribution is 7.98. The largest absolute Gasteiger partial charge is 0.371 e. The van der Waals surface area contributed by atoms with Crippen LogP contribution >= 0.6 is 23.4 Å². The van der Waals surface area contributed by atoms with E-state index in [4.69, 9.17) is 11.6 Å². The van der Waals surface area contributed by atoms with Gasteiger partial charge in [0, 0.05) is 10.6 Å². The molecule has 0 heterocycles. The standard InChI is InChI=1S/C15H14ClNOS/c1-19-13-9-5-8-12(10-13)17-14(15(16)18)11-6-3-2-4-7-11/h2-10,14,17H,1H3. The van der Waals surface area contributed by atoms with Crippen LogP contribution in [0.25, 0.3) is 0 Å². The molecule has 0 aromatic heterocycles. The predicted octanol–water partition coefficient (Wildman–Crippen LogP) is 4.33. The van der Waals surface area contributed by atoms with Gasteiger partial charge in [0.1, 0.15) is 6.04 Å². The third kappa shape index (κ3) is 3.75. The monoisotopic (exact) mass is 291 g/mol. The molecule has 1 N–H and O–H groups in total. The lowest BCUT2D eigenvalue weighted by Gasteiger charge is -2.16. The minimum Gasteiger partial charge on any atom is -0.371 e. The van der Waals surface area contributed by atoms with Crippen LogP contribution in [0.1, 0.15) is 11.6 Å². The molecule has 98 valence electrons. The van der Waals surface area contributed by atoms with Gasteiger partial charge < -0.3 is 5.32 Å². The van der Waals surface area contributed by atoms with Crippen LogP contribution in [0, 0.1) is 0 Å². The lowest BCUT2D eigenvalue weighted by molar-refractivity contribution is -0.112. The van der Waals surface area contributed by atoms with E-state index in [0.29, 0.717) is 0 Å². The number of hydrogen-bond acceptors (Lipinski definition) is 3. The Balaban J connectivity index is 2.24. The Morgan fingerprint density at radius 3 is 2.53 bits per heavy atom. The molecule has 0 amide bonds. The average Bonchev–Trinajstić information content (AvgIpc) is 2.45. The van der Waals surface area contributed by atoms with Crippen LogP contribution in [-0.4, -0.2) is 11.5 Å². The zero-order valence-corrected chi connectivity index (χ0v) is 12.0. The summed E-state index contributed by atoms with van der Waals surface area (Å²) in [5.74, 6) is 0. The van der Waals surface area contributed by atoms with Gasteiger partial charge in [-0.25, -0.2) is 0 Å². The van der Waals surface area contributed by atoms with E-state index in [-0.39, 0.29) is 0 Å². The van der Waals surface area contributed by atoms with Crippen molar-refractivity contribution in [3.63, 3.8) is 0 Å². The summed E-state index contributed by atoms with van der Waals surface area (Å²) in [5.41, 5.74) is 1.74. The summed E-state index contributed by atoms with van der Waals surface area (Å²) in [4.78, 5) is 12.7. The summed E-state index contributed by atoms with van der Waals surface area (Å²) in [7, 11) is 0. The van der Waals surface area contributed by atoms with E-state index < -0.39 is 11.3 Å². The number of carbonyl (C=O) groups excluding carboxylic acids is 1. The molecule has 4 heteroatoms. The minimum atomic E-state index is -0.528. The van der Waals surface area contributed by atoms with Gasteiger partial charge >= 0.3 is 0 Å². The summed E-state index contributed by atoms with van der Waals surface area (Å²) in [6.45, 7) is 0. The molecule has 19 heavy (non-hydrogen) atoms. The summed E-state index contributed by atoms with van der Waals surface area (Å²) >= 11 is 7.35. The van der Waals surface area contributed by atoms with Crippen molar-refractivity contribution in [3.8, 4) is 0 Å². The van der Waals surface area contributed by atoms with E-state index >= 15 is 0 Å². The molecule has 0 saturated carbocycles. The van der Waals surface area contributed by atoms with Crippen molar-refractivity contribution in [2.45, 2.75) is 10.9 Å². The predicted molar refractivity (Wildman–Crippen MR) is 81.9 cm³/mol. The zero-order valence-electron chi connectivity index (χ0n) is 10.5. The Kier molecular flexibility index (Phi) is 4.88. The second-order valence-electron chi connectivity index (χ2n) is 4.02. The molecule has 0 radical (unpaired) electrons. The van der Waals surface area contributed by atoms with Gasteiger partial charge in [-0.15, -0.1) is 11.8 Å². The van der Waals surface area contributed by atoms with Crippen molar-refractivity contribution in [2.75, 3.05) is 11.6 Å². The van der Waals surface area contributed by atoms with Gasteiger partial charge in [0.05, 0.1) is 0 Å². The van der Waals surface area contributed by atoms with Crippen LogP contribution in [0.4, 0.5) is 5.69 Å². The van der Waals surface area contributed by atoms with Crippen molar-refractivity contribution in [3.05, 3.63) is 60.2 Å². The number of rotatable bonds is 5. The first-order chi connectivity index (χ1) is 9.20. The second-order valence-corrected chi connectivity index (χ2v) is 5.28. The highest BCUT2D eigenvalue weighted by atomic mass is 35.5. The van der Waals surface area contributed by atoms with Crippen molar-refractivity contribution in [1.82, 2.24) is 0 Å². The van der Waals surface area contributed by atoms with Gasteiger partial charge in [0.25, 0.3) is 0 Å². The molecule has 1 unspecified atom stereocenters. The number of halogens is 1. The fourth-order valence-corrected chi connectivity index (χ4v) is 2.44. The lowest BCUT2D eigenvalue weighted by atomic mass is 10.1. The second kappa shape index (κ2) is 6.64. The Bertz CT molecular complexity index is 559. The number of carbonyl (C=O) groups is 1. The van der Waals surface area contributed by atoms with Crippen molar-refractivity contribution < 1.29 is 4.79 Å². The number of anilines is 1. The first-order valence-corrected chi connectivity index (χ1v) is 7.46. The van der Waals surface area contributed by atoms with Gasteiger partial charge in [-0.05, 0) is 41.6 Å². The average molecular weight is 292 g/mol. The molecule has 0 fully saturated rings. The fourth-order valence-electron chi connectivity index (χ4n) is 1.80. The molecule has 2 nitrogen and oxygen atoms in total. The quantitative estimate of drug-likeness (QED) is 0.657. The topological polar surface area (TPSA) is 29.1 Å². The Labute approximate surface area is 122 Å².